The van der Waals surface area contributed by atoms with E-state index in [4.69, 9.17) is 0 Å². The summed E-state index contributed by atoms with van der Waals surface area (Å²) in [4.78, 5) is 7.94. The number of hydrogen-bond donors (Lipinski definition) is 0. The molecular weight excluding hydrogens is 593 g/mol. The maximum atomic E-state index is 2.65. The van der Waals surface area contributed by atoms with Gasteiger partial charge >= 0.3 is 0 Å². The summed E-state index contributed by atoms with van der Waals surface area (Å²) in [6.45, 7) is 14.7. The Morgan fingerprint density at radius 2 is 0.612 bits per heavy atom. The largest absolute Gasteiger partial charge is 0.311 e. The minimum Gasteiger partial charge on any atom is -0.311 e. The van der Waals surface area contributed by atoms with Crippen LogP contribution >= 0.6 is 0 Å². The van der Waals surface area contributed by atoms with E-state index < -0.39 is 0 Å². The van der Waals surface area contributed by atoms with Crippen LogP contribution in [0.3, 0.4) is 0 Å². The van der Waals surface area contributed by atoms with Gasteiger partial charge in [0.15, 0.2) is 0 Å². The van der Waals surface area contributed by atoms with Crippen molar-refractivity contribution < 1.29 is 0 Å². The van der Waals surface area contributed by atoms with Crippen molar-refractivity contribution in [1.29, 1.82) is 0 Å². The number of rotatable bonds is 0. The van der Waals surface area contributed by atoms with Crippen LogP contribution in [-0.4, -0.2) is 6.71 Å². The zero-order chi connectivity index (χ0) is 32.9. The Labute approximate surface area is 288 Å². The van der Waals surface area contributed by atoms with Crippen molar-refractivity contribution in [3.05, 3.63) is 143 Å². The van der Waals surface area contributed by atoms with E-state index in [1.807, 2.05) is 0 Å². The van der Waals surface area contributed by atoms with E-state index in [0.29, 0.717) is 0 Å². The predicted molar refractivity (Wildman–Crippen MR) is 205 cm³/mol. The first kappa shape index (κ1) is 26.7. The van der Waals surface area contributed by atoms with Gasteiger partial charge in [-0.15, -0.1) is 0 Å². The summed E-state index contributed by atoms with van der Waals surface area (Å²) in [5, 5.41) is 0. The summed E-state index contributed by atoms with van der Waals surface area (Å²) >= 11 is 0. The van der Waals surface area contributed by atoms with Crippen molar-refractivity contribution in [3.63, 3.8) is 0 Å². The Hall–Kier alpha value is -5.22. The molecule has 0 bridgehead atoms. The van der Waals surface area contributed by atoms with E-state index in [1.54, 1.807) is 0 Å². The van der Waals surface area contributed by atoms with Crippen LogP contribution in [0, 0.1) is 0 Å². The van der Waals surface area contributed by atoms with E-state index in [2.05, 4.69) is 165 Å². The first-order valence-corrected chi connectivity index (χ1v) is 17.8. The van der Waals surface area contributed by atoms with E-state index in [0.717, 1.165) is 0 Å². The summed E-state index contributed by atoms with van der Waals surface area (Å²) in [6, 6.07) is 42.1. The molecule has 49 heavy (non-hydrogen) atoms. The second-order valence-electron chi connectivity index (χ2n) is 16.5. The number of hydrogen-bond acceptors (Lipinski definition) is 3. The third-order valence-electron chi connectivity index (χ3n) is 13.3. The number of para-hydroxylation sites is 3. The highest BCUT2D eigenvalue weighted by molar-refractivity contribution is 7.02. The molecule has 6 aliphatic rings. The molecule has 0 fully saturated rings. The van der Waals surface area contributed by atoms with E-state index in [9.17, 15) is 0 Å². The Morgan fingerprint density at radius 3 is 0.918 bits per heavy atom. The fourth-order valence-electron chi connectivity index (χ4n) is 11.0. The van der Waals surface area contributed by atoms with Gasteiger partial charge in [0.25, 0.3) is 6.71 Å². The number of fused-ring (bicyclic) bond motifs is 9. The van der Waals surface area contributed by atoms with Crippen LogP contribution in [0.2, 0.25) is 0 Å². The molecule has 0 unspecified atom stereocenters. The van der Waals surface area contributed by atoms with Gasteiger partial charge < -0.3 is 14.7 Å². The zero-order valence-electron chi connectivity index (χ0n) is 28.8. The summed E-state index contributed by atoms with van der Waals surface area (Å²) < 4.78 is 0. The van der Waals surface area contributed by atoms with Crippen molar-refractivity contribution in [1.82, 2.24) is 0 Å². The number of nitrogens with zero attached hydrogens (tertiary/aromatic N) is 3. The number of anilines is 9. The van der Waals surface area contributed by atoms with Crippen LogP contribution in [0.5, 0.6) is 0 Å². The quantitative estimate of drug-likeness (QED) is 0.155. The van der Waals surface area contributed by atoms with Gasteiger partial charge in [-0.1, -0.05) is 114 Å². The van der Waals surface area contributed by atoms with Crippen molar-refractivity contribution in [2.45, 2.75) is 57.8 Å². The van der Waals surface area contributed by atoms with Gasteiger partial charge in [-0.3, -0.25) is 0 Å². The summed E-state index contributed by atoms with van der Waals surface area (Å²) in [7, 11) is 0. The molecule has 0 saturated carbocycles. The van der Waals surface area contributed by atoms with E-state index in [-0.39, 0.29) is 23.0 Å². The molecule has 0 atom stereocenters. The fraction of sp³-hybridized carbons (Fsp3) is 0.200. The molecule has 12 rings (SSSR count). The maximum Gasteiger partial charge on any atom is 0.257 e. The molecule has 0 spiro atoms. The SMILES string of the molecule is CC1(C)c2ccccc2N2c3ccc4c5c3B3c6c(ccc1c62)N1c2ccccc2C(C)(C)c2ccc(c3c21)N5c1ccccc1C4(C)C. The zero-order valence-corrected chi connectivity index (χ0v) is 28.8. The predicted octanol–water partition coefficient (Wildman–Crippen LogP) is 9.47. The van der Waals surface area contributed by atoms with Crippen LogP contribution in [0.4, 0.5) is 51.2 Å². The molecule has 3 nitrogen and oxygen atoms in total. The number of benzene rings is 6. The molecule has 6 aromatic rings. The molecule has 0 amide bonds. The van der Waals surface area contributed by atoms with Crippen LogP contribution in [-0.2, 0) is 16.2 Å². The molecule has 0 aromatic heterocycles. The average Bonchev–Trinajstić information content (AvgIpc) is 3.10. The molecular formula is C45H36BN3. The highest BCUT2D eigenvalue weighted by Gasteiger charge is 2.56. The highest BCUT2D eigenvalue weighted by atomic mass is 15.2. The van der Waals surface area contributed by atoms with Gasteiger partial charge in [-0.25, -0.2) is 0 Å². The molecule has 0 N–H and O–H groups in total. The molecule has 0 aliphatic carbocycles. The first-order chi connectivity index (χ1) is 23.6. The van der Waals surface area contributed by atoms with Gasteiger partial charge in [0, 0.05) is 50.4 Å². The van der Waals surface area contributed by atoms with E-state index >= 15 is 0 Å². The van der Waals surface area contributed by atoms with Crippen LogP contribution in [0.25, 0.3) is 0 Å². The molecule has 0 saturated heterocycles. The third kappa shape index (κ3) is 2.69. The first-order valence-electron chi connectivity index (χ1n) is 17.8. The topological polar surface area (TPSA) is 9.72 Å². The normalized spacial score (nSPS) is 18.7. The lowest BCUT2D eigenvalue weighted by Crippen LogP contribution is -2.67. The molecule has 0 radical (unpaired) electrons. The lowest BCUT2D eigenvalue weighted by Gasteiger charge is -2.56. The minimum absolute atomic E-state index is 0.131. The minimum atomic E-state index is -0.141. The van der Waals surface area contributed by atoms with Gasteiger partial charge in [0.1, 0.15) is 0 Å². The van der Waals surface area contributed by atoms with Crippen LogP contribution < -0.4 is 31.1 Å². The summed E-state index contributed by atoms with van der Waals surface area (Å²) in [5.74, 6) is 0. The Bertz CT molecular complexity index is 2290. The Kier molecular flexibility index (Phi) is 4.35. The van der Waals surface area contributed by atoms with Gasteiger partial charge in [0.2, 0.25) is 0 Å². The van der Waals surface area contributed by atoms with Crippen molar-refractivity contribution in [2.75, 3.05) is 14.7 Å². The maximum absolute atomic E-state index is 2.65. The van der Waals surface area contributed by atoms with Crippen LogP contribution in [0.15, 0.2) is 109 Å². The second-order valence-corrected chi connectivity index (χ2v) is 16.5. The van der Waals surface area contributed by atoms with Crippen LogP contribution in [0.1, 0.15) is 74.9 Å². The average molecular weight is 630 g/mol. The summed E-state index contributed by atoms with van der Waals surface area (Å²) in [6.07, 6.45) is 0. The van der Waals surface area contributed by atoms with Crippen molar-refractivity contribution in [2.24, 2.45) is 0 Å². The molecule has 6 aromatic carbocycles. The fourth-order valence-corrected chi connectivity index (χ4v) is 11.0. The lowest BCUT2D eigenvalue weighted by atomic mass is 9.30. The molecule has 6 heterocycles. The van der Waals surface area contributed by atoms with Gasteiger partial charge in [-0.2, -0.15) is 0 Å². The van der Waals surface area contributed by atoms with Crippen molar-refractivity contribution >= 4 is 74.3 Å². The highest BCUT2D eigenvalue weighted by Crippen LogP contribution is 2.62. The smallest absolute Gasteiger partial charge is 0.257 e. The van der Waals surface area contributed by atoms with Gasteiger partial charge in [0.05, 0.1) is 17.1 Å². The standard InChI is InChI=1S/C45H36BN3/c1-43(2)25-13-7-10-16-31(25)47-35-23-20-29-41-38(35)46-37-34(22-19-28(43)40(37)47)48-32-17-11-8-14-26(32)44(3,4)30-21-24-36(39(46)42(30)48)49(41)33-18-12-9-15-27(33)45(29,5)6/h7-24H,1-6H3. The molecule has 234 valence electrons. The molecule has 4 heteroatoms. The van der Waals surface area contributed by atoms with E-state index in [1.165, 1.54) is 101 Å². The Morgan fingerprint density at radius 1 is 0.327 bits per heavy atom. The molecule has 6 aliphatic heterocycles. The lowest BCUT2D eigenvalue weighted by molar-refractivity contribution is 0.628. The summed E-state index contributed by atoms with van der Waals surface area (Å²) in [5.41, 5.74) is 24.3. The third-order valence-corrected chi connectivity index (χ3v) is 13.3. The Balaban J connectivity index is 1.32. The van der Waals surface area contributed by atoms with Gasteiger partial charge in [-0.05, 0) is 86.2 Å². The second kappa shape index (κ2) is 7.97. The monoisotopic (exact) mass is 629 g/mol. The van der Waals surface area contributed by atoms with Crippen molar-refractivity contribution in [3.8, 4) is 0 Å².